The molecule has 12 heavy (non-hydrogen) atoms. The molecule has 0 aromatic rings. The van der Waals surface area contributed by atoms with Crippen molar-refractivity contribution in [3.8, 4) is 0 Å². The predicted molar refractivity (Wildman–Crippen MR) is 48.6 cm³/mol. The van der Waals surface area contributed by atoms with Crippen molar-refractivity contribution in [2.24, 2.45) is 11.7 Å². The van der Waals surface area contributed by atoms with Gasteiger partial charge in [0, 0.05) is 19.5 Å². The Labute approximate surface area is 73.7 Å². The predicted octanol–water partition coefficient (Wildman–Crippen LogP) is 0.642. The van der Waals surface area contributed by atoms with Gasteiger partial charge < -0.3 is 11.1 Å². The van der Waals surface area contributed by atoms with Crippen LogP contribution in [0.4, 0.5) is 0 Å². The zero-order chi connectivity index (χ0) is 8.81. The number of amides is 1. The largest absolute Gasteiger partial charge is 0.356 e. The maximum absolute atomic E-state index is 11.0. The second-order valence-electron chi connectivity index (χ2n) is 3.49. The van der Waals surface area contributed by atoms with E-state index in [2.05, 4.69) is 5.32 Å². The lowest BCUT2D eigenvalue weighted by molar-refractivity contribution is -0.121. The van der Waals surface area contributed by atoms with Crippen LogP contribution in [0.25, 0.3) is 0 Å². The molecule has 1 fully saturated rings. The lowest BCUT2D eigenvalue weighted by Gasteiger charge is -2.09. The maximum Gasteiger partial charge on any atom is 0.221 e. The number of rotatable bonds is 4. The van der Waals surface area contributed by atoms with Gasteiger partial charge in [-0.3, -0.25) is 4.79 Å². The van der Waals surface area contributed by atoms with Crippen molar-refractivity contribution < 1.29 is 4.79 Å². The number of hydrogen-bond donors (Lipinski definition) is 2. The molecule has 0 unspecified atom stereocenters. The van der Waals surface area contributed by atoms with Crippen molar-refractivity contribution in [2.75, 3.05) is 13.1 Å². The highest BCUT2D eigenvalue weighted by Gasteiger charge is 2.14. The van der Waals surface area contributed by atoms with Gasteiger partial charge in [-0.1, -0.05) is 12.8 Å². The quantitative estimate of drug-likeness (QED) is 0.650. The minimum atomic E-state index is 0.101. The SMILES string of the molecule is NCCC(=O)NCC1CCCC1. The van der Waals surface area contributed by atoms with Crippen LogP contribution in [0.5, 0.6) is 0 Å². The van der Waals surface area contributed by atoms with Crippen LogP contribution in [-0.2, 0) is 4.79 Å². The lowest BCUT2D eigenvalue weighted by Crippen LogP contribution is -2.29. The van der Waals surface area contributed by atoms with Crippen LogP contribution in [0, 0.1) is 5.92 Å². The zero-order valence-corrected chi connectivity index (χ0v) is 7.51. The summed E-state index contributed by atoms with van der Waals surface area (Å²) in [5.74, 6) is 0.830. The molecule has 1 aliphatic carbocycles. The highest BCUT2D eigenvalue weighted by atomic mass is 16.1. The van der Waals surface area contributed by atoms with Gasteiger partial charge in [0.2, 0.25) is 5.91 Å². The van der Waals surface area contributed by atoms with E-state index < -0.39 is 0 Å². The smallest absolute Gasteiger partial charge is 0.221 e. The Morgan fingerprint density at radius 3 is 2.67 bits per heavy atom. The fourth-order valence-electron chi connectivity index (χ4n) is 1.69. The highest BCUT2D eigenvalue weighted by Crippen LogP contribution is 2.23. The van der Waals surface area contributed by atoms with Crippen molar-refractivity contribution in [2.45, 2.75) is 32.1 Å². The monoisotopic (exact) mass is 170 g/mol. The van der Waals surface area contributed by atoms with Gasteiger partial charge in [0.05, 0.1) is 0 Å². The first-order valence-electron chi connectivity index (χ1n) is 4.79. The van der Waals surface area contributed by atoms with Crippen LogP contribution < -0.4 is 11.1 Å². The standard InChI is InChI=1S/C9H18N2O/c10-6-5-9(12)11-7-8-3-1-2-4-8/h8H,1-7,10H2,(H,11,12). The van der Waals surface area contributed by atoms with Crippen molar-refractivity contribution in [3.05, 3.63) is 0 Å². The van der Waals surface area contributed by atoms with Gasteiger partial charge in [-0.05, 0) is 18.8 Å². The molecule has 0 bridgehead atoms. The first-order valence-corrected chi connectivity index (χ1v) is 4.79. The molecule has 0 aromatic heterocycles. The molecular formula is C9H18N2O. The molecule has 1 rings (SSSR count). The van der Waals surface area contributed by atoms with E-state index in [1.807, 2.05) is 0 Å². The van der Waals surface area contributed by atoms with E-state index in [1.54, 1.807) is 0 Å². The third kappa shape index (κ3) is 3.22. The van der Waals surface area contributed by atoms with Gasteiger partial charge in [0.15, 0.2) is 0 Å². The average molecular weight is 170 g/mol. The van der Waals surface area contributed by atoms with E-state index in [4.69, 9.17) is 5.73 Å². The third-order valence-electron chi connectivity index (χ3n) is 2.43. The number of carbonyl (C=O) groups is 1. The van der Waals surface area contributed by atoms with E-state index in [-0.39, 0.29) is 5.91 Å². The first-order chi connectivity index (χ1) is 5.83. The molecule has 0 heterocycles. The molecule has 0 saturated heterocycles. The molecule has 3 N–H and O–H groups in total. The number of nitrogens with one attached hydrogen (secondary N) is 1. The molecular weight excluding hydrogens is 152 g/mol. The second kappa shape index (κ2) is 5.14. The highest BCUT2D eigenvalue weighted by molar-refractivity contribution is 5.75. The number of carbonyl (C=O) groups excluding carboxylic acids is 1. The van der Waals surface area contributed by atoms with E-state index in [0.717, 1.165) is 12.5 Å². The molecule has 3 heteroatoms. The summed E-state index contributed by atoms with van der Waals surface area (Å²) in [7, 11) is 0. The van der Waals surface area contributed by atoms with Gasteiger partial charge >= 0.3 is 0 Å². The number of hydrogen-bond acceptors (Lipinski definition) is 2. The minimum Gasteiger partial charge on any atom is -0.356 e. The van der Waals surface area contributed by atoms with Crippen molar-refractivity contribution in [1.29, 1.82) is 0 Å². The molecule has 70 valence electrons. The fourth-order valence-corrected chi connectivity index (χ4v) is 1.69. The van der Waals surface area contributed by atoms with Gasteiger partial charge in [0.25, 0.3) is 0 Å². The normalized spacial score (nSPS) is 18.1. The summed E-state index contributed by atoms with van der Waals surface area (Å²) in [6.07, 6.45) is 5.69. The van der Waals surface area contributed by atoms with Crippen molar-refractivity contribution in [3.63, 3.8) is 0 Å². The molecule has 0 atom stereocenters. The van der Waals surface area contributed by atoms with E-state index in [1.165, 1.54) is 25.7 Å². The van der Waals surface area contributed by atoms with Gasteiger partial charge in [-0.25, -0.2) is 0 Å². The molecule has 0 spiro atoms. The van der Waals surface area contributed by atoms with Crippen LogP contribution in [0.15, 0.2) is 0 Å². The summed E-state index contributed by atoms with van der Waals surface area (Å²) in [4.78, 5) is 11.0. The zero-order valence-electron chi connectivity index (χ0n) is 7.51. The summed E-state index contributed by atoms with van der Waals surface area (Å²) in [5, 5.41) is 2.91. The lowest BCUT2D eigenvalue weighted by atomic mass is 10.1. The van der Waals surface area contributed by atoms with Crippen molar-refractivity contribution in [1.82, 2.24) is 5.32 Å². The Balaban J connectivity index is 2.03. The van der Waals surface area contributed by atoms with E-state index in [0.29, 0.717) is 13.0 Å². The van der Waals surface area contributed by atoms with Crippen LogP contribution in [0.2, 0.25) is 0 Å². The Bertz CT molecular complexity index is 141. The topological polar surface area (TPSA) is 55.1 Å². The van der Waals surface area contributed by atoms with Crippen LogP contribution >= 0.6 is 0 Å². The van der Waals surface area contributed by atoms with Gasteiger partial charge in [0.1, 0.15) is 0 Å². The summed E-state index contributed by atoms with van der Waals surface area (Å²) >= 11 is 0. The molecule has 1 aliphatic rings. The van der Waals surface area contributed by atoms with E-state index in [9.17, 15) is 4.79 Å². The van der Waals surface area contributed by atoms with Crippen molar-refractivity contribution >= 4 is 5.91 Å². The summed E-state index contributed by atoms with van der Waals surface area (Å²) in [5.41, 5.74) is 5.25. The molecule has 3 nitrogen and oxygen atoms in total. The first kappa shape index (κ1) is 9.52. The van der Waals surface area contributed by atoms with Gasteiger partial charge in [-0.15, -0.1) is 0 Å². The molecule has 0 radical (unpaired) electrons. The molecule has 1 amide bonds. The Kier molecular flexibility index (Phi) is 4.08. The summed E-state index contributed by atoms with van der Waals surface area (Å²) in [6, 6.07) is 0. The maximum atomic E-state index is 11.0. The fraction of sp³-hybridized carbons (Fsp3) is 0.889. The Morgan fingerprint density at radius 2 is 2.08 bits per heavy atom. The van der Waals surface area contributed by atoms with Crippen LogP contribution in [0.3, 0.4) is 0 Å². The number of nitrogens with two attached hydrogens (primary N) is 1. The average Bonchev–Trinajstić information content (AvgIpc) is 2.53. The van der Waals surface area contributed by atoms with Crippen LogP contribution in [0.1, 0.15) is 32.1 Å². The molecule has 1 saturated carbocycles. The summed E-state index contributed by atoms with van der Waals surface area (Å²) < 4.78 is 0. The Morgan fingerprint density at radius 1 is 1.42 bits per heavy atom. The second-order valence-corrected chi connectivity index (χ2v) is 3.49. The molecule has 0 aromatic carbocycles. The minimum absolute atomic E-state index is 0.101. The van der Waals surface area contributed by atoms with Gasteiger partial charge in [-0.2, -0.15) is 0 Å². The van der Waals surface area contributed by atoms with Crippen LogP contribution in [-0.4, -0.2) is 19.0 Å². The molecule has 0 aliphatic heterocycles. The summed E-state index contributed by atoms with van der Waals surface area (Å²) in [6.45, 7) is 1.31. The third-order valence-corrected chi connectivity index (χ3v) is 2.43. The Hall–Kier alpha value is -0.570. The van der Waals surface area contributed by atoms with E-state index >= 15 is 0 Å².